The molecule has 1 aromatic carbocycles. The first-order chi connectivity index (χ1) is 6.74. The zero-order valence-corrected chi connectivity index (χ0v) is 8.89. The van der Waals surface area contributed by atoms with Crippen LogP contribution >= 0.6 is 0 Å². The Hall–Kier alpha value is -1.05. The molecule has 1 N–H and O–H groups in total. The van der Waals surface area contributed by atoms with Gasteiger partial charge in [0, 0.05) is 6.04 Å². The molecule has 14 heavy (non-hydrogen) atoms. The van der Waals surface area contributed by atoms with E-state index in [0.29, 0.717) is 11.7 Å². The molecule has 1 aromatic rings. The fourth-order valence-electron chi connectivity index (χ4n) is 1.43. The lowest BCUT2D eigenvalue weighted by molar-refractivity contribution is 0.612. The normalized spacial score (nSPS) is 12.5. The van der Waals surface area contributed by atoms with E-state index in [-0.39, 0.29) is 5.82 Å². The van der Waals surface area contributed by atoms with E-state index in [0.717, 1.165) is 6.42 Å². The van der Waals surface area contributed by atoms with Crippen molar-refractivity contribution in [2.24, 2.45) is 0 Å². The fraction of sp³-hybridized carbons (Fsp3) is 0.500. The van der Waals surface area contributed by atoms with Gasteiger partial charge in [-0.15, -0.1) is 0 Å². The number of anilines is 1. The second kappa shape index (κ2) is 5.63. The molecular weight excluding hydrogens is 177 g/mol. The average Bonchev–Trinajstić information content (AvgIpc) is 2.18. The summed E-state index contributed by atoms with van der Waals surface area (Å²) < 4.78 is 13.2. The van der Waals surface area contributed by atoms with E-state index in [1.165, 1.54) is 18.9 Å². The SMILES string of the molecule is CCCCC(C)Nc1ccccc1F. The molecule has 0 aliphatic rings. The number of nitrogens with one attached hydrogen (secondary N) is 1. The van der Waals surface area contributed by atoms with Crippen molar-refractivity contribution in [2.75, 3.05) is 5.32 Å². The number of para-hydroxylation sites is 1. The Morgan fingerprint density at radius 1 is 1.36 bits per heavy atom. The molecule has 0 saturated heterocycles. The molecule has 0 spiro atoms. The third kappa shape index (κ3) is 3.36. The van der Waals surface area contributed by atoms with Crippen LogP contribution in [-0.2, 0) is 0 Å². The van der Waals surface area contributed by atoms with Gasteiger partial charge in [0.1, 0.15) is 5.82 Å². The van der Waals surface area contributed by atoms with E-state index >= 15 is 0 Å². The van der Waals surface area contributed by atoms with E-state index in [9.17, 15) is 4.39 Å². The minimum atomic E-state index is -0.171. The second-order valence-electron chi connectivity index (χ2n) is 3.67. The zero-order chi connectivity index (χ0) is 10.4. The molecule has 0 aromatic heterocycles. The van der Waals surface area contributed by atoms with Gasteiger partial charge in [0.15, 0.2) is 0 Å². The highest BCUT2D eigenvalue weighted by molar-refractivity contribution is 5.44. The summed E-state index contributed by atoms with van der Waals surface area (Å²) in [6.07, 6.45) is 3.46. The molecule has 0 radical (unpaired) electrons. The van der Waals surface area contributed by atoms with E-state index in [4.69, 9.17) is 0 Å². The predicted octanol–water partition coefficient (Wildman–Crippen LogP) is 3.82. The van der Waals surface area contributed by atoms with Crippen molar-refractivity contribution < 1.29 is 4.39 Å². The molecule has 0 heterocycles. The summed E-state index contributed by atoms with van der Waals surface area (Å²) >= 11 is 0. The Morgan fingerprint density at radius 2 is 2.07 bits per heavy atom. The average molecular weight is 195 g/mol. The first kappa shape index (κ1) is 11.0. The summed E-state index contributed by atoms with van der Waals surface area (Å²) in [7, 11) is 0. The molecule has 0 aliphatic heterocycles. The van der Waals surface area contributed by atoms with Gasteiger partial charge in [0.05, 0.1) is 5.69 Å². The van der Waals surface area contributed by atoms with Gasteiger partial charge in [0.25, 0.3) is 0 Å². The third-order valence-electron chi connectivity index (χ3n) is 2.27. The van der Waals surface area contributed by atoms with Crippen molar-refractivity contribution in [3.05, 3.63) is 30.1 Å². The Morgan fingerprint density at radius 3 is 2.71 bits per heavy atom. The van der Waals surface area contributed by atoms with Crippen LogP contribution in [0.1, 0.15) is 33.1 Å². The molecule has 0 fully saturated rings. The first-order valence-corrected chi connectivity index (χ1v) is 5.25. The van der Waals surface area contributed by atoms with Crippen molar-refractivity contribution in [1.29, 1.82) is 0 Å². The number of benzene rings is 1. The van der Waals surface area contributed by atoms with Crippen LogP contribution in [-0.4, -0.2) is 6.04 Å². The van der Waals surface area contributed by atoms with Gasteiger partial charge in [-0.25, -0.2) is 4.39 Å². The van der Waals surface area contributed by atoms with Gasteiger partial charge in [-0.2, -0.15) is 0 Å². The summed E-state index contributed by atoms with van der Waals surface area (Å²) in [5.74, 6) is -0.171. The van der Waals surface area contributed by atoms with Gasteiger partial charge >= 0.3 is 0 Å². The van der Waals surface area contributed by atoms with Crippen molar-refractivity contribution in [1.82, 2.24) is 0 Å². The van der Waals surface area contributed by atoms with Crippen molar-refractivity contribution in [3.63, 3.8) is 0 Å². The number of halogens is 1. The fourth-order valence-corrected chi connectivity index (χ4v) is 1.43. The molecule has 0 saturated carbocycles. The number of unbranched alkanes of at least 4 members (excludes halogenated alkanes) is 1. The summed E-state index contributed by atoms with van der Waals surface area (Å²) in [5, 5.41) is 3.17. The van der Waals surface area contributed by atoms with E-state index < -0.39 is 0 Å². The van der Waals surface area contributed by atoms with Gasteiger partial charge in [-0.3, -0.25) is 0 Å². The van der Waals surface area contributed by atoms with Crippen LogP contribution in [0.5, 0.6) is 0 Å². The van der Waals surface area contributed by atoms with Crippen molar-refractivity contribution in [2.45, 2.75) is 39.2 Å². The number of hydrogen-bond acceptors (Lipinski definition) is 1. The largest absolute Gasteiger partial charge is 0.380 e. The molecule has 0 bridgehead atoms. The lowest BCUT2D eigenvalue weighted by atomic mass is 10.1. The summed E-state index contributed by atoms with van der Waals surface area (Å²) in [6.45, 7) is 4.25. The van der Waals surface area contributed by atoms with Gasteiger partial charge < -0.3 is 5.32 Å². The highest BCUT2D eigenvalue weighted by Gasteiger charge is 2.04. The molecule has 0 aliphatic carbocycles. The number of hydrogen-bond donors (Lipinski definition) is 1. The summed E-state index contributed by atoms with van der Waals surface area (Å²) in [6, 6.07) is 7.15. The quantitative estimate of drug-likeness (QED) is 0.753. The second-order valence-corrected chi connectivity index (χ2v) is 3.67. The summed E-state index contributed by atoms with van der Waals surface area (Å²) in [4.78, 5) is 0. The maximum absolute atomic E-state index is 13.2. The Kier molecular flexibility index (Phi) is 4.44. The Balaban J connectivity index is 2.47. The molecule has 1 nitrogen and oxygen atoms in total. The topological polar surface area (TPSA) is 12.0 Å². The first-order valence-electron chi connectivity index (χ1n) is 5.25. The molecule has 1 rings (SSSR count). The smallest absolute Gasteiger partial charge is 0.146 e. The van der Waals surface area contributed by atoms with Crippen LogP contribution in [0, 0.1) is 5.82 Å². The summed E-state index contributed by atoms with van der Waals surface area (Å²) in [5.41, 5.74) is 0.608. The van der Waals surface area contributed by atoms with Crippen LogP contribution in [0.3, 0.4) is 0 Å². The maximum Gasteiger partial charge on any atom is 0.146 e. The highest BCUT2D eigenvalue weighted by Crippen LogP contribution is 2.15. The molecule has 2 heteroatoms. The minimum Gasteiger partial charge on any atom is -0.380 e. The third-order valence-corrected chi connectivity index (χ3v) is 2.27. The van der Waals surface area contributed by atoms with E-state index in [1.807, 2.05) is 6.07 Å². The monoisotopic (exact) mass is 195 g/mol. The highest BCUT2D eigenvalue weighted by atomic mass is 19.1. The van der Waals surface area contributed by atoms with E-state index in [2.05, 4.69) is 19.2 Å². The Bertz CT molecular complexity index is 273. The lowest BCUT2D eigenvalue weighted by Crippen LogP contribution is -2.15. The molecule has 1 atom stereocenters. The van der Waals surface area contributed by atoms with E-state index in [1.54, 1.807) is 12.1 Å². The zero-order valence-electron chi connectivity index (χ0n) is 8.89. The van der Waals surface area contributed by atoms with Crippen LogP contribution < -0.4 is 5.32 Å². The van der Waals surface area contributed by atoms with Crippen LogP contribution in [0.15, 0.2) is 24.3 Å². The Labute approximate surface area is 85.3 Å². The molecule has 1 unspecified atom stereocenters. The van der Waals surface area contributed by atoms with Gasteiger partial charge in [-0.1, -0.05) is 31.9 Å². The van der Waals surface area contributed by atoms with Crippen LogP contribution in [0.2, 0.25) is 0 Å². The number of rotatable bonds is 5. The van der Waals surface area contributed by atoms with Gasteiger partial charge in [-0.05, 0) is 25.5 Å². The standard InChI is InChI=1S/C12H18FN/c1-3-4-7-10(2)14-12-9-6-5-8-11(12)13/h5-6,8-10,14H,3-4,7H2,1-2H3. The minimum absolute atomic E-state index is 0.171. The van der Waals surface area contributed by atoms with Crippen molar-refractivity contribution in [3.8, 4) is 0 Å². The molecule has 78 valence electrons. The molecule has 0 amide bonds. The predicted molar refractivity (Wildman–Crippen MR) is 59.0 cm³/mol. The van der Waals surface area contributed by atoms with Crippen LogP contribution in [0.25, 0.3) is 0 Å². The van der Waals surface area contributed by atoms with Crippen molar-refractivity contribution >= 4 is 5.69 Å². The molecular formula is C12H18FN. The lowest BCUT2D eigenvalue weighted by Gasteiger charge is -2.15. The van der Waals surface area contributed by atoms with Crippen LogP contribution in [0.4, 0.5) is 10.1 Å². The van der Waals surface area contributed by atoms with Gasteiger partial charge in [0.2, 0.25) is 0 Å². The maximum atomic E-state index is 13.2.